The Kier molecular flexibility index (Phi) is 6.28. The first-order valence-electron chi connectivity index (χ1n) is 7.32. The maximum absolute atomic E-state index is 12.3. The highest BCUT2D eigenvalue weighted by molar-refractivity contribution is 6.31. The number of aryl methyl sites for hydroxylation is 1. The molecule has 24 heavy (non-hydrogen) atoms. The van der Waals surface area contributed by atoms with Crippen LogP contribution in [0.5, 0.6) is 0 Å². The zero-order chi connectivity index (χ0) is 17.5. The minimum absolute atomic E-state index is 0.145. The van der Waals surface area contributed by atoms with Gasteiger partial charge in [0.1, 0.15) is 5.69 Å². The van der Waals surface area contributed by atoms with Crippen LogP contribution >= 0.6 is 11.6 Å². The van der Waals surface area contributed by atoms with Gasteiger partial charge in [-0.25, -0.2) is 0 Å². The number of anilines is 1. The summed E-state index contributed by atoms with van der Waals surface area (Å²) < 4.78 is 4.87. The molecule has 0 aliphatic heterocycles. The number of amides is 2. The zero-order valence-corrected chi connectivity index (χ0v) is 14.2. The quantitative estimate of drug-likeness (QED) is 0.787. The Morgan fingerprint density at radius 2 is 2.00 bits per heavy atom. The van der Waals surface area contributed by atoms with Gasteiger partial charge in [0.2, 0.25) is 0 Å². The highest BCUT2D eigenvalue weighted by Gasteiger charge is 2.12. The molecule has 2 amide bonds. The number of benzene rings is 1. The van der Waals surface area contributed by atoms with E-state index in [9.17, 15) is 9.59 Å². The van der Waals surface area contributed by atoms with E-state index in [2.05, 4.69) is 15.6 Å². The number of ether oxygens (including phenoxy) is 1. The van der Waals surface area contributed by atoms with E-state index in [1.807, 2.05) is 13.0 Å². The first-order chi connectivity index (χ1) is 11.5. The minimum atomic E-state index is -0.415. The van der Waals surface area contributed by atoms with E-state index < -0.39 is 5.91 Å². The molecule has 0 saturated carbocycles. The number of pyridine rings is 1. The monoisotopic (exact) mass is 347 g/mol. The summed E-state index contributed by atoms with van der Waals surface area (Å²) in [5.74, 6) is -0.705. The Hall–Kier alpha value is -2.44. The van der Waals surface area contributed by atoms with Crippen molar-refractivity contribution in [3.8, 4) is 0 Å². The smallest absolute Gasteiger partial charge is 0.274 e. The number of rotatable bonds is 6. The van der Waals surface area contributed by atoms with Gasteiger partial charge in [0, 0.05) is 36.1 Å². The van der Waals surface area contributed by atoms with Crippen molar-refractivity contribution in [3.63, 3.8) is 0 Å². The summed E-state index contributed by atoms with van der Waals surface area (Å²) in [6, 6.07) is 8.20. The summed E-state index contributed by atoms with van der Waals surface area (Å²) in [5, 5.41) is 5.96. The van der Waals surface area contributed by atoms with Gasteiger partial charge in [0.05, 0.1) is 6.61 Å². The Bertz CT molecular complexity index is 750. The summed E-state index contributed by atoms with van der Waals surface area (Å²) in [7, 11) is 1.55. The molecule has 2 aromatic rings. The second-order valence-corrected chi connectivity index (χ2v) is 5.50. The van der Waals surface area contributed by atoms with Gasteiger partial charge in [0.15, 0.2) is 0 Å². The summed E-state index contributed by atoms with van der Waals surface area (Å²) in [4.78, 5) is 28.3. The standard InChI is InChI=1S/C17H18ClN3O3/c1-11-3-4-13(10-14(11)18)21-17(23)15-9-12(5-6-19-15)16(22)20-7-8-24-2/h3-6,9-10H,7-8H2,1-2H3,(H,20,22)(H,21,23). The summed E-state index contributed by atoms with van der Waals surface area (Å²) in [5.41, 5.74) is 1.98. The third-order valence-corrected chi connectivity index (χ3v) is 3.68. The lowest BCUT2D eigenvalue weighted by Gasteiger charge is -2.08. The number of aromatic nitrogens is 1. The third-order valence-electron chi connectivity index (χ3n) is 3.28. The lowest BCUT2D eigenvalue weighted by molar-refractivity contribution is 0.0937. The van der Waals surface area contributed by atoms with E-state index in [1.54, 1.807) is 25.3 Å². The first-order valence-corrected chi connectivity index (χ1v) is 7.69. The number of carbonyl (C=O) groups excluding carboxylic acids is 2. The number of hydrogen-bond donors (Lipinski definition) is 2. The molecule has 7 heteroatoms. The molecular formula is C17H18ClN3O3. The van der Waals surface area contributed by atoms with Crippen molar-refractivity contribution in [2.45, 2.75) is 6.92 Å². The Morgan fingerprint density at radius 3 is 2.71 bits per heavy atom. The number of halogens is 1. The summed E-state index contributed by atoms with van der Waals surface area (Å²) in [6.07, 6.45) is 1.42. The highest BCUT2D eigenvalue weighted by Crippen LogP contribution is 2.20. The molecule has 0 fully saturated rings. The van der Waals surface area contributed by atoms with Crippen molar-refractivity contribution in [3.05, 3.63) is 58.4 Å². The second kappa shape index (κ2) is 8.42. The van der Waals surface area contributed by atoms with Crippen molar-refractivity contribution in [2.24, 2.45) is 0 Å². The molecule has 0 saturated heterocycles. The van der Waals surface area contributed by atoms with E-state index in [0.29, 0.717) is 29.4 Å². The minimum Gasteiger partial charge on any atom is -0.383 e. The molecule has 0 atom stereocenters. The predicted molar refractivity (Wildman–Crippen MR) is 92.6 cm³/mol. The number of carbonyl (C=O) groups is 2. The summed E-state index contributed by atoms with van der Waals surface area (Å²) in [6.45, 7) is 2.68. The van der Waals surface area contributed by atoms with Gasteiger partial charge >= 0.3 is 0 Å². The molecule has 0 spiro atoms. The molecule has 126 valence electrons. The van der Waals surface area contributed by atoms with Crippen LogP contribution in [0, 0.1) is 6.92 Å². The molecule has 6 nitrogen and oxygen atoms in total. The van der Waals surface area contributed by atoms with Crippen LogP contribution in [0.25, 0.3) is 0 Å². The van der Waals surface area contributed by atoms with E-state index in [0.717, 1.165) is 5.56 Å². The number of hydrogen-bond acceptors (Lipinski definition) is 4. The summed E-state index contributed by atoms with van der Waals surface area (Å²) >= 11 is 6.04. The molecule has 0 aliphatic rings. The van der Waals surface area contributed by atoms with Gasteiger partial charge in [0.25, 0.3) is 11.8 Å². The largest absolute Gasteiger partial charge is 0.383 e. The van der Waals surface area contributed by atoms with Gasteiger partial charge in [-0.15, -0.1) is 0 Å². The van der Waals surface area contributed by atoms with Crippen molar-refractivity contribution in [2.75, 3.05) is 25.6 Å². The van der Waals surface area contributed by atoms with Crippen LogP contribution in [-0.2, 0) is 4.74 Å². The molecule has 0 aliphatic carbocycles. The molecular weight excluding hydrogens is 330 g/mol. The van der Waals surface area contributed by atoms with Gasteiger partial charge in [-0.1, -0.05) is 17.7 Å². The Morgan fingerprint density at radius 1 is 1.21 bits per heavy atom. The fourth-order valence-corrected chi connectivity index (χ4v) is 2.11. The Labute approximate surface area is 145 Å². The first kappa shape index (κ1) is 17.9. The van der Waals surface area contributed by atoms with Crippen LogP contribution in [-0.4, -0.2) is 37.1 Å². The number of nitrogens with zero attached hydrogens (tertiary/aromatic N) is 1. The van der Waals surface area contributed by atoms with Gasteiger partial charge < -0.3 is 15.4 Å². The fourth-order valence-electron chi connectivity index (χ4n) is 1.93. The van der Waals surface area contributed by atoms with Gasteiger partial charge in [-0.05, 0) is 36.8 Å². The SMILES string of the molecule is COCCNC(=O)c1ccnc(C(=O)Nc2ccc(C)c(Cl)c2)c1. The number of methoxy groups -OCH3 is 1. The predicted octanol–water partition coefficient (Wildman–Crippen LogP) is 2.67. The van der Waals surface area contributed by atoms with Crippen LogP contribution in [0.2, 0.25) is 5.02 Å². The normalized spacial score (nSPS) is 10.3. The fraction of sp³-hybridized carbons (Fsp3) is 0.235. The highest BCUT2D eigenvalue weighted by atomic mass is 35.5. The molecule has 1 aromatic heterocycles. The van der Waals surface area contributed by atoms with Gasteiger partial charge in [-0.2, -0.15) is 0 Å². The Balaban J connectivity index is 2.08. The van der Waals surface area contributed by atoms with Crippen molar-refractivity contribution in [1.82, 2.24) is 10.3 Å². The van der Waals surface area contributed by atoms with Crippen LogP contribution in [0.1, 0.15) is 26.4 Å². The van der Waals surface area contributed by atoms with Crippen LogP contribution in [0.4, 0.5) is 5.69 Å². The maximum atomic E-state index is 12.3. The molecule has 1 aromatic carbocycles. The molecule has 0 bridgehead atoms. The van der Waals surface area contributed by atoms with Crippen LogP contribution in [0.3, 0.4) is 0 Å². The van der Waals surface area contributed by atoms with Crippen molar-refractivity contribution < 1.29 is 14.3 Å². The van der Waals surface area contributed by atoms with E-state index >= 15 is 0 Å². The molecule has 0 unspecified atom stereocenters. The van der Waals surface area contributed by atoms with E-state index in [-0.39, 0.29) is 11.6 Å². The van der Waals surface area contributed by atoms with Crippen LogP contribution < -0.4 is 10.6 Å². The number of nitrogens with one attached hydrogen (secondary N) is 2. The maximum Gasteiger partial charge on any atom is 0.274 e. The molecule has 1 heterocycles. The second-order valence-electron chi connectivity index (χ2n) is 5.10. The van der Waals surface area contributed by atoms with Crippen molar-refractivity contribution >= 4 is 29.1 Å². The third kappa shape index (κ3) is 4.78. The molecule has 2 rings (SSSR count). The van der Waals surface area contributed by atoms with Crippen molar-refractivity contribution in [1.29, 1.82) is 0 Å². The molecule has 2 N–H and O–H groups in total. The average Bonchev–Trinajstić information content (AvgIpc) is 2.58. The van der Waals surface area contributed by atoms with Gasteiger partial charge in [-0.3, -0.25) is 14.6 Å². The lowest BCUT2D eigenvalue weighted by atomic mass is 10.2. The zero-order valence-electron chi connectivity index (χ0n) is 13.4. The average molecular weight is 348 g/mol. The van der Waals surface area contributed by atoms with Crippen LogP contribution in [0.15, 0.2) is 36.5 Å². The van der Waals surface area contributed by atoms with E-state index in [4.69, 9.17) is 16.3 Å². The van der Waals surface area contributed by atoms with E-state index in [1.165, 1.54) is 12.3 Å². The molecule has 0 radical (unpaired) electrons. The lowest BCUT2D eigenvalue weighted by Crippen LogP contribution is -2.27. The topological polar surface area (TPSA) is 80.3 Å².